The van der Waals surface area contributed by atoms with Crippen LogP contribution in [0.25, 0.3) is 0 Å². The molecular weight excluding hydrogens is 212 g/mol. The molecule has 1 aromatic carbocycles. The van der Waals surface area contributed by atoms with Crippen molar-refractivity contribution in [2.24, 2.45) is 0 Å². The lowest BCUT2D eigenvalue weighted by Crippen LogP contribution is -2.26. The number of halogens is 1. The van der Waals surface area contributed by atoms with Gasteiger partial charge in [0.05, 0.1) is 17.3 Å². The van der Waals surface area contributed by atoms with Crippen molar-refractivity contribution >= 4 is 17.3 Å². The Morgan fingerprint density at radius 3 is 2.73 bits per heavy atom. The third kappa shape index (κ3) is 3.70. The summed E-state index contributed by atoms with van der Waals surface area (Å²) in [5.41, 5.74) is 7.44. The fourth-order valence-corrected chi connectivity index (χ4v) is 1.56. The van der Waals surface area contributed by atoms with Crippen LogP contribution in [0.4, 0.5) is 5.69 Å². The highest BCUT2D eigenvalue weighted by Gasteiger charge is 2.04. The molecule has 3 N–H and O–H groups in total. The normalized spacial score (nSPS) is 10.9. The van der Waals surface area contributed by atoms with Gasteiger partial charge in [-0.05, 0) is 24.2 Å². The van der Waals surface area contributed by atoms with Gasteiger partial charge >= 0.3 is 0 Å². The first-order valence-electron chi connectivity index (χ1n) is 5.04. The molecule has 4 heteroatoms. The minimum absolute atomic E-state index is 0.177. The molecule has 0 aliphatic heterocycles. The second kappa shape index (κ2) is 5.95. The van der Waals surface area contributed by atoms with Crippen molar-refractivity contribution in [3.05, 3.63) is 28.8 Å². The summed E-state index contributed by atoms with van der Waals surface area (Å²) < 4.78 is 0. The second-order valence-corrected chi connectivity index (χ2v) is 3.86. The molecule has 0 spiro atoms. The zero-order chi connectivity index (χ0) is 11.3. The van der Waals surface area contributed by atoms with Crippen molar-refractivity contribution in [2.75, 3.05) is 25.4 Å². The smallest absolute Gasteiger partial charge is 0.0635 e. The molecule has 0 fully saturated rings. The van der Waals surface area contributed by atoms with Gasteiger partial charge in [0.25, 0.3) is 0 Å². The maximum atomic E-state index is 8.86. The number of aliphatic hydroxyl groups is 1. The first-order chi connectivity index (χ1) is 7.17. The van der Waals surface area contributed by atoms with E-state index in [9.17, 15) is 0 Å². The maximum Gasteiger partial charge on any atom is 0.0635 e. The Morgan fingerprint density at radius 2 is 2.20 bits per heavy atom. The van der Waals surface area contributed by atoms with Gasteiger partial charge in [-0.1, -0.05) is 24.6 Å². The Kier molecular flexibility index (Phi) is 4.88. The fraction of sp³-hybridized carbons (Fsp3) is 0.455. The quantitative estimate of drug-likeness (QED) is 0.755. The molecule has 1 aromatic rings. The van der Waals surface area contributed by atoms with Gasteiger partial charge in [-0.3, -0.25) is 4.90 Å². The van der Waals surface area contributed by atoms with Crippen LogP contribution in [-0.2, 0) is 6.54 Å². The van der Waals surface area contributed by atoms with E-state index in [2.05, 4.69) is 11.8 Å². The number of aliphatic hydroxyl groups excluding tert-OH is 1. The topological polar surface area (TPSA) is 49.5 Å². The molecule has 0 atom stereocenters. The molecule has 0 bridgehead atoms. The highest BCUT2D eigenvalue weighted by atomic mass is 35.5. The van der Waals surface area contributed by atoms with E-state index < -0.39 is 0 Å². The first-order valence-corrected chi connectivity index (χ1v) is 5.42. The predicted octanol–water partition coefficient (Wildman–Crippen LogP) is 1.74. The predicted molar refractivity (Wildman–Crippen MR) is 63.9 cm³/mol. The second-order valence-electron chi connectivity index (χ2n) is 3.45. The van der Waals surface area contributed by atoms with Gasteiger partial charge in [0, 0.05) is 13.1 Å². The van der Waals surface area contributed by atoms with Crippen LogP contribution in [-0.4, -0.2) is 29.7 Å². The number of benzene rings is 1. The number of anilines is 1. The van der Waals surface area contributed by atoms with Crippen LogP contribution in [0.2, 0.25) is 5.02 Å². The number of nitrogen functional groups attached to an aromatic ring is 1. The molecule has 0 radical (unpaired) electrons. The van der Waals surface area contributed by atoms with E-state index in [0.717, 1.165) is 18.7 Å². The SMILES string of the molecule is CCN(CCO)Cc1ccc(Cl)c(N)c1. The fourth-order valence-electron chi connectivity index (χ4n) is 1.44. The molecule has 0 saturated heterocycles. The number of rotatable bonds is 5. The Balaban J connectivity index is 2.66. The van der Waals surface area contributed by atoms with Gasteiger partial charge in [0.15, 0.2) is 0 Å². The average molecular weight is 229 g/mol. The molecule has 0 unspecified atom stereocenters. The molecular formula is C11H17ClN2O. The minimum Gasteiger partial charge on any atom is -0.398 e. The lowest BCUT2D eigenvalue weighted by Gasteiger charge is -2.19. The zero-order valence-electron chi connectivity index (χ0n) is 8.91. The molecule has 0 heterocycles. The molecule has 15 heavy (non-hydrogen) atoms. The van der Waals surface area contributed by atoms with Crippen molar-refractivity contribution in [3.8, 4) is 0 Å². The summed E-state index contributed by atoms with van der Waals surface area (Å²) in [6.07, 6.45) is 0. The minimum atomic E-state index is 0.177. The molecule has 0 amide bonds. The van der Waals surface area contributed by atoms with E-state index in [0.29, 0.717) is 17.3 Å². The molecule has 0 aromatic heterocycles. The summed E-state index contributed by atoms with van der Waals surface area (Å²) in [6.45, 7) is 4.62. The summed E-state index contributed by atoms with van der Waals surface area (Å²) in [7, 11) is 0. The molecule has 84 valence electrons. The highest BCUT2D eigenvalue weighted by molar-refractivity contribution is 6.33. The Morgan fingerprint density at radius 1 is 1.47 bits per heavy atom. The molecule has 1 rings (SSSR count). The van der Waals surface area contributed by atoms with Gasteiger partial charge in [0.2, 0.25) is 0 Å². The third-order valence-corrected chi connectivity index (χ3v) is 2.67. The summed E-state index contributed by atoms with van der Waals surface area (Å²) in [5, 5.41) is 9.44. The molecule has 0 aliphatic carbocycles. The molecule has 0 saturated carbocycles. The van der Waals surface area contributed by atoms with Crippen LogP contribution in [0.5, 0.6) is 0 Å². The van der Waals surface area contributed by atoms with Crippen LogP contribution in [0.1, 0.15) is 12.5 Å². The van der Waals surface area contributed by atoms with Gasteiger partial charge in [-0.2, -0.15) is 0 Å². The lowest BCUT2D eigenvalue weighted by molar-refractivity contribution is 0.197. The van der Waals surface area contributed by atoms with Crippen LogP contribution in [0.15, 0.2) is 18.2 Å². The van der Waals surface area contributed by atoms with E-state index in [-0.39, 0.29) is 6.61 Å². The third-order valence-electron chi connectivity index (χ3n) is 2.33. The van der Waals surface area contributed by atoms with E-state index in [1.165, 1.54) is 0 Å². The monoisotopic (exact) mass is 228 g/mol. The number of nitrogens with two attached hydrogens (primary N) is 1. The maximum absolute atomic E-state index is 8.86. The van der Waals surface area contributed by atoms with E-state index in [1.807, 2.05) is 12.1 Å². The summed E-state index contributed by atoms with van der Waals surface area (Å²) in [6, 6.07) is 5.64. The van der Waals surface area contributed by atoms with Crippen molar-refractivity contribution in [3.63, 3.8) is 0 Å². The van der Waals surface area contributed by atoms with Crippen LogP contribution < -0.4 is 5.73 Å². The Bertz CT molecular complexity index is 317. The van der Waals surface area contributed by atoms with E-state index in [4.69, 9.17) is 22.4 Å². The number of nitrogens with zero attached hydrogens (tertiary/aromatic N) is 1. The number of likely N-dealkylation sites (N-methyl/N-ethyl adjacent to an activating group) is 1. The molecule has 0 aliphatic rings. The van der Waals surface area contributed by atoms with Crippen LogP contribution in [0.3, 0.4) is 0 Å². The summed E-state index contributed by atoms with van der Waals surface area (Å²) in [4.78, 5) is 2.14. The lowest BCUT2D eigenvalue weighted by atomic mass is 10.2. The summed E-state index contributed by atoms with van der Waals surface area (Å²) >= 11 is 5.83. The largest absolute Gasteiger partial charge is 0.398 e. The number of hydrogen-bond acceptors (Lipinski definition) is 3. The first kappa shape index (κ1) is 12.3. The van der Waals surface area contributed by atoms with Gasteiger partial charge < -0.3 is 10.8 Å². The standard InChI is InChI=1S/C11H17ClN2O/c1-2-14(5-6-15)8-9-3-4-10(12)11(13)7-9/h3-4,7,15H,2,5-6,8,13H2,1H3. The van der Waals surface area contributed by atoms with Crippen molar-refractivity contribution in [1.82, 2.24) is 4.90 Å². The van der Waals surface area contributed by atoms with Crippen molar-refractivity contribution in [1.29, 1.82) is 0 Å². The van der Waals surface area contributed by atoms with E-state index in [1.54, 1.807) is 6.07 Å². The summed E-state index contributed by atoms with van der Waals surface area (Å²) in [5.74, 6) is 0. The Labute approximate surface area is 95.5 Å². The van der Waals surface area contributed by atoms with Crippen molar-refractivity contribution in [2.45, 2.75) is 13.5 Å². The van der Waals surface area contributed by atoms with Gasteiger partial charge in [-0.15, -0.1) is 0 Å². The van der Waals surface area contributed by atoms with Crippen LogP contribution >= 0.6 is 11.6 Å². The van der Waals surface area contributed by atoms with Crippen molar-refractivity contribution < 1.29 is 5.11 Å². The van der Waals surface area contributed by atoms with E-state index >= 15 is 0 Å². The number of hydrogen-bond donors (Lipinski definition) is 2. The highest BCUT2D eigenvalue weighted by Crippen LogP contribution is 2.20. The van der Waals surface area contributed by atoms with Crippen LogP contribution in [0, 0.1) is 0 Å². The Hall–Kier alpha value is -0.770. The van der Waals surface area contributed by atoms with Gasteiger partial charge in [0.1, 0.15) is 0 Å². The zero-order valence-corrected chi connectivity index (χ0v) is 9.67. The molecule has 3 nitrogen and oxygen atoms in total. The van der Waals surface area contributed by atoms with Gasteiger partial charge in [-0.25, -0.2) is 0 Å². The average Bonchev–Trinajstić information content (AvgIpc) is 2.23.